The molecule has 1 amide bonds. The van der Waals surface area contributed by atoms with E-state index in [1.54, 1.807) is 6.07 Å². The Labute approximate surface area is 129 Å². The number of amides is 1. The maximum atomic E-state index is 12.6. The van der Waals surface area contributed by atoms with Crippen molar-refractivity contribution in [2.24, 2.45) is 0 Å². The number of nitrogens with zero attached hydrogens (tertiary/aromatic N) is 1. The van der Waals surface area contributed by atoms with Gasteiger partial charge in [-0.3, -0.25) is 4.79 Å². The number of aliphatic hydroxyl groups is 2. The quantitative estimate of drug-likeness (QED) is 0.838. The first-order chi connectivity index (χ1) is 10.3. The van der Waals surface area contributed by atoms with Gasteiger partial charge in [0.2, 0.25) is 0 Å². The van der Waals surface area contributed by atoms with Gasteiger partial charge in [-0.1, -0.05) is 24.7 Å². The zero-order valence-electron chi connectivity index (χ0n) is 12.0. The van der Waals surface area contributed by atoms with Crippen molar-refractivity contribution in [2.45, 2.75) is 38.1 Å². The summed E-state index contributed by atoms with van der Waals surface area (Å²) in [4.78, 5) is 15.9. The molecule has 0 aliphatic carbocycles. The topological polar surface area (TPSA) is 60.8 Å². The van der Waals surface area contributed by atoms with E-state index >= 15 is 0 Å². The van der Waals surface area contributed by atoms with Crippen LogP contribution in [0.2, 0.25) is 0 Å². The summed E-state index contributed by atoms with van der Waals surface area (Å²) in [5, 5.41) is 18.2. The Morgan fingerprint density at radius 1 is 1.33 bits per heavy atom. The van der Waals surface area contributed by atoms with Gasteiger partial charge in [0, 0.05) is 13.0 Å². The molecule has 1 aromatic heterocycles. The number of hydrogen-bond acceptors (Lipinski definition) is 4. The molecular weight excluding hydrogens is 286 g/mol. The lowest BCUT2D eigenvalue weighted by Gasteiger charge is -2.28. The maximum Gasteiger partial charge on any atom is 0.264 e. The molecule has 1 aliphatic heterocycles. The second kappa shape index (κ2) is 8.18. The van der Waals surface area contributed by atoms with E-state index in [2.05, 4.69) is 11.8 Å². The number of carbonyl (C=O) groups is 1. The van der Waals surface area contributed by atoms with Crippen molar-refractivity contribution in [2.75, 3.05) is 19.8 Å². The third kappa shape index (κ3) is 4.31. The summed E-state index contributed by atoms with van der Waals surface area (Å²) in [5.41, 5.74) is 0. The van der Waals surface area contributed by atoms with E-state index in [9.17, 15) is 9.90 Å². The molecule has 1 aliphatic rings. The molecule has 2 rings (SSSR count). The predicted molar refractivity (Wildman–Crippen MR) is 83.3 cm³/mol. The van der Waals surface area contributed by atoms with Crippen molar-refractivity contribution in [3.8, 4) is 11.8 Å². The van der Waals surface area contributed by atoms with E-state index in [-0.39, 0.29) is 25.2 Å². The third-order valence-corrected chi connectivity index (χ3v) is 4.60. The molecule has 1 fully saturated rings. The summed E-state index contributed by atoms with van der Waals surface area (Å²) < 4.78 is 0. The van der Waals surface area contributed by atoms with E-state index < -0.39 is 0 Å². The predicted octanol–water partition coefficient (Wildman–Crippen LogP) is 1.86. The van der Waals surface area contributed by atoms with E-state index in [0.717, 1.165) is 30.6 Å². The number of rotatable bonds is 3. The van der Waals surface area contributed by atoms with Gasteiger partial charge < -0.3 is 15.1 Å². The molecule has 21 heavy (non-hydrogen) atoms. The Morgan fingerprint density at radius 3 is 2.95 bits per heavy atom. The third-order valence-electron chi connectivity index (χ3n) is 3.61. The van der Waals surface area contributed by atoms with Crippen molar-refractivity contribution >= 4 is 17.2 Å². The van der Waals surface area contributed by atoms with Crippen LogP contribution in [0.25, 0.3) is 0 Å². The number of thiophene rings is 1. The van der Waals surface area contributed by atoms with Crippen LogP contribution < -0.4 is 0 Å². The molecule has 0 aromatic carbocycles. The van der Waals surface area contributed by atoms with Crippen LogP contribution in [0.5, 0.6) is 0 Å². The van der Waals surface area contributed by atoms with Crippen molar-refractivity contribution < 1.29 is 15.0 Å². The molecule has 114 valence electrons. The normalized spacial score (nSPS) is 18.8. The molecule has 2 N–H and O–H groups in total. The molecule has 0 radical (unpaired) electrons. The highest BCUT2D eigenvalue weighted by molar-refractivity contribution is 7.14. The van der Waals surface area contributed by atoms with Gasteiger partial charge in [0.15, 0.2) is 0 Å². The Kier molecular flexibility index (Phi) is 6.24. The average molecular weight is 307 g/mol. The second-order valence-electron chi connectivity index (χ2n) is 5.12. The SMILES string of the molecule is O=C(c1ccc(C#CCCO)s1)N1CCCCCC1CO. The van der Waals surface area contributed by atoms with Crippen LogP contribution in [-0.2, 0) is 0 Å². The average Bonchev–Trinajstić information content (AvgIpc) is 2.83. The lowest BCUT2D eigenvalue weighted by atomic mass is 10.1. The largest absolute Gasteiger partial charge is 0.395 e. The highest BCUT2D eigenvalue weighted by Gasteiger charge is 2.26. The molecule has 0 saturated carbocycles. The lowest BCUT2D eigenvalue weighted by Crippen LogP contribution is -2.41. The monoisotopic (exact) mass is 307 g/mol. The van der Waals surface area contributed by atoms with E-state index in [1.165, 1.54) is 11.3 Å². The van der Waals surface area contributed by atoms with E-state index in [1.807, 2.05) is 11.0 Å². The van der Waals surface area contributed by atoms with Gasteiger partial charge in [-0.25, -0.2) is 0 Å². The summed E-state index contributed by atoms with van der Waals surface area (Å²) >= 11 is 1.38. The number of likely N-dealkylation sites (tertiary alicyclic amines) is 1. The maximum absolute atomic E-state index is 12.6. The summed E-state index contributed by atoms with van der Waals surface area (Å²) in [6.45, 7) is 0.796. The van der Waals surface area contributed by atoms with Gasteiger partial charge in [-0.05, 0) is 25.0 Å². The van der Waals surface area contributed by atoms with Crippen LogP contribution in [0.4, 0.5) is 0 Å². The number of aliphatic hydroxyl groups excluding tert-OH is 2. The summed E-state index contributed by atoms with van der Waals surface area (Å²) in [7, 11) is 0. The fourth-order valence-corrected chi connectivity index (χ4v) is 3.34. The van der Waals surface area contributed by atoms with E-state index in [0.29, 0.717) is 17.8 Å². The summed E-state index contributed by atoms with van der Waals surface area (Å²) in [6, 6.07) is 3.58. The molecule has 0 bridgehead atoms. The number of hydrogen-bond donors (Lipinski definition) is 2. The zero-order valence-corrected chi connectivity index (χ0v) is 12.9. The summed E-state index contributed by atoms with van der Waals surface area (Å²) in [6.07, 6.45) is 4.49. The van der Waals surface area contributed by atoms with Gasteiger partial charge in [0.1, 0.15) is 0 Å². The van der Waals surface area contributed by atoms with Crippen LogP contribution >= 0.6 is 11.3 Å². The van der Waals surface area contributed by atoms with Crippen molar-refractivity contribution in [3.63, 3.8) is 0 Å². The molecule has 1 aromatic rings. The van der Waals surface area contributed by atoms with Crippen LogP contribution in [-0.4, -0.2) is 46.8 Å². The van der Waals surface area contributed by atoms with Gasteiger partial charge in [-0.2, -0.15) is 0 Å². The first kappa shape index (κ1) is 16.0. The number of carbonyl (C=O) groups excluding carboxylic acids is 1. The smallest absolute Gasteiger partial charge is 0.264 e. The lowest BCUT2D eigenvalue weighted by molar-refractivity contribution is 0.0604. The fourth-order valence-electron chi connectivity index (χ4n) is 2.50. The van der Waals surface area contributed by atoms with E-state index in [4.69, 9.17) is 5.11 Å². The minimum Gasteiger partial charge on any atom is -0.395 e. The Hall–Kier alpha value is -1.35. The van der Waals surface area contributed by atoms with Crippen molar-refractivity contribution in [1.82, 2.24) is 4.90 Å². The summed E-state index contributed by atoms with van der Waals surface area (Å²) in [5.74, 6) is 5.80. The zero-order chi connectivity index (χ0) is 15.1. The van der Waals surface area contributed by atoms with Crippen LogP contribution in [0.3, 0.4) is 0 Å². The Balaban J connectivity index is 2.09. The molecule has 5 heteroatoms. The molecule has 0 spiro atoms. The van der Waals surface area contributed by atoms with Crippen molar-refractivity contribution in [1.29, 1.82) is 0 Å². The van der Waals surface area contributed by atoms with Gasteiger partial charge in [0.25, 0.3) is 5.91 Å². The molecule has 2 heterocycles. The highest BCUT2D eigenvalue weighted by atomic mass is 32.1. The molecule has 1 atom stereocenters. The molecule has 1 unspecified atom stereocenters. The second-order valence-corrected chi connectivity index (χ2v) is 6.21. The molecule has 4 nitrogen and oxygen atoms in total. The van der Waals surface area contributed by atoms with Gasteiger partial charge in [-0.15, -0.1) is 11.3 Å². The Bertz CT molecular complexity index is 529. The molecule has 1 saturated heterocycles. The standard InChI is InChI=1S/C16H21NO3S/c18-11-5-3-7-14-8-9-15(21-14)16(20)17-10-4-1-2-6-13(17)12-19/h8-9,13,18-19H,1-2,4-6,10-12H2. The highest BCUT2D eigenvalue weighted by Crippen LogP contribution is 2.23. The van der Waals surface area contributed by atoms with Gasteiger partial charge in [0.05, 0.1) is 29.0 Å². The minimum absolute atomic E-state index is 0.00356. The fraction of sp³-hybridized carbons (Fsp3) is 0.562. The van der Waals surface area contributed by atoms with Gasteiger partial charge >= 0.3 is 0 Å². The van der Waals surface area contributed by atoms with Crippen LogP contribution in [0, 0.1) is 11.8 Å². The Morgan fingerprint density at radius 2 is 2.19 bits per heavy atom. The first-order valence-corrected chi connectivity index (χ1v) is 8.19. The van der Waals surface area contributed by atoms with Crippen LogP contribution in [0.15, 0.2) is 12.1 Å². The first-order valence-electron chi connectivity index (χ1n) is 7.37. The molecular formula is C16H21NO3S. The van der Waals surface area contributed by atoms with Crippen LogP contribution in [0.1, 0.15) is 46.7 Å². The minimum atomic E-state index is -0.0639. The van der Waals surface area contributed by atoms with Crippen molar-refractivity contribution in [3.05, 3.63) is 21.9 Å².